The van der Waals surface area contributed by atoms with Crippen LogP contribution in [0.1, 0.15) is 28.4 Å². The summed E-state index contributed by atoms with van der Waals surface area (Å²) in [7, 11) is 4.22. The molecule has 0 bridgehead atoms. The predicted octanol–water partition coefficient (Wildman–Crippen LogP) is 3.12. The minimum absolute atomic E-state index is 0.0506. The molecule has 0 aromatic heterocycles. The maximum atomic E-state index is 12.7. The molecular formula is C18H18O6. The Balaban J connectivity index is 2.18. The van der Waals surface area contributed by atoms with Crippen LogP contribution in [0, 0.1) is 0 Å². The summed E-state index contributed by atoms with van der Waals surface area (Å²) in [6.07, 6.45) is -0.345. The first-order chi connectivity index (χ1) is 11.6. The first-order valence-corrected chi connectivity index (χ1v) is 7.42. The largest absolute Gasteiger partial charge is 0.502 e. The molecule has 1 atom stereocenters. The summed E-state index contributed by atoms with van der Waals surface area (Å²) in [4.78, 5) is 12.7. The van der Waals surface area contributed by atoms with E-state index >= 15 is 0 Å². The molecule has 0 spiro atoms. The molecule has 24 heavy (non-hydrogen) atoms. The molecule has 1 aliphatic rings. The van der Waals surface area contributed by atoms with Crippen LogP contribution in [-0.4, -0.2) is 32.2 Å². The Kier molecular flexibility index (Phi) is 4.20. The Bertz CT molecular complexity index is 769. The Morgan fingerprint density at radius 2 is 1.62 bits per heavy atom. The predicted molar refractivity (Wildman–Crippen MR) is 86.5 cm³/mol. The molecule has 0 fully saturated rings. The van der Waals surface area contributed by atoms with Crippen LogP contribution >= 0.6 is 0 Å². The van der Waals surface area contributed by atoms with Crippen LogP contribution in [0.5, 0.6) is 28.7 Å². The molecule has 1 aliphatic heterocycles. The molecule has 0 unspecified atom stereocenters. The van der Waals surface area contributed by atoms with E-state index in [-0.39, 0.29) is 46.5 Å². The number of ether oxygens (including phenoxy) is 4. The molecule has 2 aromatic carbocycles. The van der Waals surface area contributed by atoms with Gasteiger partial charge in [0.2, 0.25) is 17.2 Å². The number of rotatable bonds is 4. The smallest absolute Gasteiger partial charge is 0.211 e. The standard InChI is InChI=1S/C18H18O6/c1-21-16-13-11(19)9-12(10-7-5-4-6-8-10)24-15(13)14(20)17(22-2)18(16)23-3/h4-8,12,20H,9H2,1-3H3/t12-/m0/s1. The van der Waals surface area contributed by atoms with E-state index in [2.05, 4.69) is 0 Å². The number of Topliss-reactive ketones (excluding diaryl/α,β-unsaturated/α-hetero) is 1. The molecule has 2 aromatic rings. The highest BCUT2D eigenvalue weighted by Crippen LogP contribution is 2.55. The van der Waals surface area contributed by atoms with Crippen molar-refractivity contribution in [3.05, 3.63) is 41.5 Å². The van der Waals surface area contributed by atoms with Crippen molar-refractivity contribution in [2.75, 3.05) is 21.3 Å². The zero-order chi connectivity index (χ0) is 17.3. The number of hydrogen-bond acceptors (Lipinski definition) is 6. The number of phenols is 1. The highest BCUT2D eigenvalue weighted by atomic mass is 16.5. The summed E-state index contributed by atoms with van der Waals surface area (Å²) in [5, 5.41) is 10.5. The zero-order valence-corrected chi connectivity index (χ0v) is 13.7. The number of methoxy groups -OCH3 is 3. The fourth-order valence-electron chi connectivity index (χ4n) is 2.89. The van der Waals surface area contributed by atoms with Gasteiger partial charge in [0.15, 0.2) is 17.3 Å². The molecule has 6 heteroatoms. The summed E-state index contributed by atoms with van der Waals surface area (Å²) < 4.78 is 21.7. The Morgan fingerprint density at radius 3 is 2.21 bits per heavy atom. The zero-order valence-electron chi connectivity index (χ0n) is 13.7. The second-order valence-electron chi connectivity index (χ2n) is 5.30. The van der Waals surface area contributed by atoms with Crippen molar-refractivity contribution in [1.82, 2.24) is 0 Å². The highest BCUT2D eigenvalue weighted by molar-refractivity contribution is 6.05. The highest BCUT2D eigenvalue weighted by Gasteiger charge is 2.37. The third-order valence-electron chi connectivity index (χ3n) is 3.99. The SMILES string of the molecule is COc1c(O)c2c(c(OC)c1OC)C(=O)C[C@@H](c1ccccc1)O2. The first kappa shape index (κ1) is 16.0. The second kappa shape index (κ2) is 6.31. The number of aromatic hydroxyl groups is 1. The fourth-order valence-corrected chi connectivity index (χ4v) is 2.89. The maximum absolute atomic E-state index is 12.7. The monoisotopic (exact) mass is 330 g/mol. The van der Waals surface area contributed by atoms with Gasteiger partial charge in [0.1, 0.15) is 11.7 Å². The molecular weight excluding hydrogens is 312 g/mol. The van der Waals surface area contributed by atoms with Crippen LogP contribution in [0.15, 0.2) is 30.3 Å². The van der Waals surface area contributed by atoms with Crippen molar-refractivity contribution in [1.29, 1.82) is 0 Å². The lowest BCUT2D eigenvalue weighted by atomic mass is 9.94. The van der Waals surface area contributed by atoms with E-state index in [4.69, 9.17) is 18.9 Å². The number of phenolic OH excluding ortho intramolecular Hbond substituents is 1. The Morgan fingerprint density at radius 1 is 1.00 bits per heavy atom. The summed E-state index contributed by atoms with van der Waals surface area (Å²) in [5.41, 5.74) is 1.02. The van der Waals surface area contributed by atoms with Crippen LogP contribution in [0.3, 0.4) is 0 Å². The topological polar surface area (TPSA) is 74.2 Å². The normalized spacial score (nSPS) is 16.1. The van der Waals surface area contributed by atoms with E-state index in [1.165, 1.54) is 21.3 Å². The lowest BCUT2D eigenvalue weighted by molar-refractivity contribution is 0.0833. The Labute approximate surface area is 139 Å². The molecule has 1 N–H and O–H groups in total. The third-order valence-corrected chi connectivity index (χ3v) is 3.99. The van der Waals surface area contributed by atoms with Crippen LogP contribution < -0.4 is 18.9 Å². The van der Waals surface area contributed by atoms with Gasteiger partial charge in [-0.05, 0) is 5.56 Å². The van der Waals surface area contributed by atoms with E-state index < -0.39 is 6.10 Å². The number of benzene rings is 2. The number of fused-ring (bicyclic) bond motifs is 1. The minimum Gasteiger partial charge on any atom is -0.502 e. The van der Waals surface area contributed by atoms with Gasteiger partial charge in [0, 0.05) is 0 Å². The maximum Gasteiger partial charge on any atom is 0.211 e. The Hall–Kier alpha value is -2.89. The van der Waals surface area contributed by atoms with Crippen LogP contribution in [-0.2, 0) is 0 Å². The number of hydrogen-bond donors (Lipinski definition) is 1. The van der Waals surface area contributed by atoms with E-state index in [9.17, 15) is 9.90 Å². The van der Waals surface area contributed by atoms with Crippen molar-refractivity contribution in [3.63, 3.8) is 0 Å². The number of carbonyl (C=O) groups excluding carboxylic acids is 1. The molecule has 3 rings (SSSR count). The van der Waals surface area contributed by atoms with Gasteiger partial charge in [-0.25, -0.2) is 0 Å². The molecule has 0 saturated heterocycles. The molecule has 6 nitrogen and oxygen atoms in total. The molecule has 0 amide bonds. The average Bonchev–Trinajstić information content (AvgIpc) is 2.62. The van der Waals surface area contributed by atoms with Gasteiger partial charge in [-0.2, -0.15) is 0 Å². The molecule has 0 radical (unpaired) electrons. The van der Waals surface area contributed by atoms with Gasteiger partial charge in [-0.15, -0.1) is 0 Å². The van der Waals surface area contributed by atoms with E-state index in [1.54, 1.807) is 0 Å². The van der Waals surface area contributed by atoms with Crippen molar-refractivity contribution in [2.24, 2.45) is 0 Å². The fraction of sp³-hybridized carbons (Fsp3) is 0.278. The molecule has 126 valence electrons. The van der Waals surface area contributed by atoms with Gasteiger partial charge < -0.3 is 24.1 Å². The van der Waals surface area contributed by atoms with Crippen LogP contribution in [0.25, 0.3) is 0 Å². The quantitative estimate of drug-likeness (QED) is 0.928. The lowest BCUT2D eigenvalue weighted by Gasteiger charge is -2.28. The summed E-state index contributed by atoms with van der Waals surface area (Å²) in [6, 6.07) is 9.37. The first-order valence-electron chi connectivity index (χ1n) is 7.42. The summed E-state index contributed by atoms with van der Waals surface area (Å²) in [5.74, 6) is -0.00780. The van der Waals surface area contributed by atoms with Gasteiger partial charge in [-0.1, -0.05) is 30.3 Å². The summed E-state index contributed by atoms with van der Waals surface area (Å²) in [6.45, 7) is 0. The van der Waals surface area contributed by atoms with E-state index in [0.717, 1.165) is 5.56 Å². The summed E-state index contributed by atoms with van der Waals surface area (Å²) >= 11 is 0. The van der Waals surface area contributed by atoms with Gasteiger partial charge in [-0.3, -0.25) is 4.79 Å². The molecule has 0 aliphatic carbocycles. The van der Waals surface area contributed by atoms with Crippen molar-refractivity contribution in [2.45, 2.75) is 12.5 Å². The van der Waals surface area contributed by atoms with Crippen molar-refractivity contribution < 1.29 is 28.8 Å². The molecule has 0 saturated carbocycles. The van der Waals surface area contributed by atoms with Crippen LogP contribution in [0.4, 0.5) is 0 Å². The molecule has 1 heterocycles. The third kappa shape index (κ3) is 2.40. The van der Waals surface area contributed by atoms with E-state index in [0.29, 0.717) is 0 Å². The number of carbonyl (C=O) groups is 1. The van der Waals surface area contributed by atoms with Gasteiger partial charge >= 0.3 is 0 Å². The van der Waals surface area contributed by atoms with Gasteiger partial charge in [0.05, 0.1) is 27.8 Å². The number of ketones is 1. The van der Waals surface area contributed by atoms with Crippen LogP contribution in [0.2, 0.25) is 0 Å². The lowest BCUT2D eigenvalue weighted by Crippen LogP contribution is -2.21. The van der Waals surface area contributed by atoms with E-state index in [1.807, 2.05) is 30.3 Å². The van der Waals surface area contributed by atoms with Gasteiger partial charge in [0.25, 0.3) is 0 Å². The average molecular weight is 330 g/mol. The van der Waals surface area contributed by atoms with Crippen molar-refractivity contribution in [3.8, 4) is 28.7 Å². The van der Waals surface area contributed by atoms with Crippen molar-refractivity contribution >= 4 is 5.78 Å². The second-order valence-corrected chi connectivity index (χ2v) is 5.30. The minimum atomic E-state index is -0.486.